The predicted octanol–water partition coefficient (Wildman–Crippen LogP) is 3.01. The molecule has 2 aromatic carbocycles. The Bertz CT molecular complexity index is 1280. The highest BCUT2D eigenvalue weighted by atomic mass is 32.2. The van der Waals surface area contributed by atoms with Gasteiger partial charge < -0.3 is 9.15 Å². The van der Waals surface area contributed by atoms with Crippen molar-refractivity contribution in [3.8, 4) is 0 Å². The van der Waals surface area contributed by atoms with Gasteiger partial charge in [-0.2, -0.15) is 0 Å². The van der Waals surface area contributed by atoms with Crippen LogP contribution >= 0.6 is 0 Å². The summed E-state index contributed by atoms with van der Waals surface area (Å²) in [7, 11) is -3.55. The smallest absolute Gasteiger partial charge is 0.340 e. The molecule has 0 radical (unpaired) electrons. The fourth-order valence-corrected chi connectivity index (χ4v) is 4.16. The van der Waals surface area contributed by atoms with Gasteiger partial charge in [-0.05, 0) is 54.7 Å². The van der Waals surface area contributed by atoms with E-state index in [1.807, 2.05) is 12.1 Å². The van der Waals surface area contributed by atoms with Gasteiger partial charge in [-0.15, -0.1) is 0 Å². The van der Waals surface area contributed by atoms with E-state index in [9.17, 15) is 18.0 Å². The van der Waals surface area contributed by atoms with E-state index in [0.717, 1.165) is 30.9 Å². The van der Waals surface area contributed by atoms with Crippen LogP contribution in [0.25, 0.3) is 11.0 Å². The number of fused-ring (bicyclic) bond motifs is 2. The van der Waals surface area contributed by atoms with Gasteiger partial charge in [-0.1, -0.05) is 12.1 Å². The van der Waals surface area contributed by atoms with Crippen molar-refractivity contribution in [1.82, 2.24) is 0 Å². The van der Waals surface area contributed by atoms with Gasteiger partial charge in [0.05, 0.1) is 17.5 Å². The zero-order valence-electron chi connectivity index (χ0n) is 15.7. The third kappa shape index (κ3) is 4.17. The number of sulfonamides is 1. The molecule has 1 aliphatic carbocycles. The molecule has 7 nitrogen and oxygen atoms in total. The maximum atomic E-state index is 12.6. The lowest BCUT2D eigenvalue weighted by molar-refractivity contribution is 0.0475. The molecule has 0 unspecified atom stereocenters. The van der Waals surface area contributed by atoms with Crippen molar-refractivity contribution in [3.63, 3.8) is 0 Å². The summed E-state index contributed by atoms with van der Waals surface area (Å²) in [6, 6.07) is 11.4. The summed E-state index contributed by atoms with van der Waals surface area (Å²) < 4.78 is 36.1. The van der Waals surface area contributed by atoms with E-state index < -0.39 is 21.6 Å². The maximum absolute atomic E-state index is 12.6. The summed E-state index contributed by atoms with van der Waals surface area (Å²) in [4.78, 5) is 24.5. The number of benzene rings is 2. The van der Waals surface area contributed by atoms with E-state index in [2.05, 4.69) is 4.72 Å². The fraction of sp³-hybridized carbons (Fsp3) is 0.238. The van der Waals surface area contributed by atoms with Gasteiger partial charge in [0.2, 0.25) is 10.0 Å². The first kappa shape index (κ1) is 19.2. The van der Waals surface area contributed by atoms with E-state index in [4.69, 9.17) is 9.15 Å². The van der Waals surface area contributed by atoms with Crippen molar-refractivity contribution in [2.45, 2.75) is 25.9 Å². The minimum Gasteiger partial charge on any atom is -0.457 e. The Morgan fingerprint density at radius 1 is 1.14 bits per heavy atom. The van der Waals surface area contributed by atoms with Crippen LogP contribution in [0.4, 0.5) is 5.69 Å². The van der Waals surface area contributed by atoms with Gasteiger partial charge >= 0.3 is 11.6 Å². The first-order valence-corrected chi connectivity index (χ1v) is 11.0. The molecule has 0 atom stereocenters. The number of carbonyl (C=O) groups is 1. The van der Waals surface area contributed by atoms with Crippen molar-refractivity contribution in [2.75, 3.05) is 11.0 Å². The highest BCUT2D eigenvalue weighted by molar-refractivity contribution is 7.92. The average Bonchev–Trinajstić information content (AvgIpc) is 3.10. The normalized spacial score (nSPS) is 13.3. The largest absolute Gasteiger partial charge is 0.457 e. The molecule has 1 heterocycles. The van der Waals surface area contributed by atoms with E-state index in [-0.39, 0.29) is 17.9 Å². The highest BCUT2D eigenvalue weighted by Crippen LogP contribution is 2.29. The van der Waals surface area contributed by atoms with Gasteiger partial charge in [0.1, 0.15) is 12.2 Å². The highest BCUT2D eigenvalue weighted by Gasteiger charge is 2.18. The van der Waals surface area contributed by atoms with Gasteiger partial charge in [-0.25, -0.2) is 18.0 Å². The summed E-state index contributed by atoms with van der Waals surface area (Å²) in [5.41, 5.74) is 3.12. The Balaban J connectivity index is 1.62. The molecule has 3 aromatic rings. The van der Waals surface area contributed by atoms with E-state index in [0.29, 0.717) is 11.1 Å². The zero-order chi connectivity index (χ0) is 20.6. The monoisotopic (exact) mass is 413 g/mol. The molecule has 1 aliphatic rings. The lowest BCUT2D eigenvalue weighted by atomic mass is 10.0. The molecule has 0 spiro atoms. The molecule has 4 rings (SSSR count). The maximum Gasteiger partial charge on any atom is 0.340 e. The lowest BCUT2D eigenvalue weighted by Gasteiger charge is -2.12. The van der Waals surface area contributed by atoms with E-state index in [1.165, 1.54) is 29.3 Å². The fourth-order valence-electron chi connectivity index (χ4n) is 3.59. The lowest BCUT2D eigenvalue weighted by Crippen LogP contribution is -2.15. The Kier molecular flexibility index (Phi) is 4.87. The van der Waals surface area contributed by atoms with Gasteiger partial charge in [0.25, 0.3) is 0 Å². The first-order chi connectivity index (χ1) is 13.8. The number of rotatable bonds is 5. The van der Waals surface area contributed by atoms with Crippen LogP contribution in [0.15, 0.2) is 51.7 Å². The predicted molar refractivity (Wildman–Crippen MR) is 109 cm³/mol. The van der Waals surface area contributed by atoms with Crippen molar-refractivity contribution < 1.29 is 22.4 Å². The zero-order valence-corrected chi connectivity index (χ0v) is 16.5. The van der Waals surface area contributed by atoms with Crippen LogP contribution in [0.1, 0.15) is 33.5 Å². The number of para-hydroxylation sites is 1. The standard InChI is InChI=1S/C21H19NO6S/c1-29(25,26)22-18-8-3-2-7-16(18)21(24)27-12-15-11-20(23)28-19-10-14-6-4-5-13(14)9-17(15)19/h2-3,7-11,22H,4-6,12H2,1H3. The number of aryl methyl sites for hydroxylation is 2. The van der Waals surface area contributed by atoms with E-state index in [1.54, 1.807) is 12.1 Å². The third-order valence-corrected chi connectivity index (χ3v) is 5.43. The molecular weight excluding hydrogens is 394 g/mol. The van der Waals surface area contributed by atoms with Crippen LogP contribution in [0.3, 0.4) is 0 Å². The number of carbonyl (C=O) groups excluding carboxylic acids is 1. The molecule has 0 saturated heterocycles. The molecule has 0 amide bonds. The number of nitrogens with one attached hydrogen (secondary N) is 1. The minimum atomic E-state index is -3.55. The second-order valence-corrected chi connectivity index (χ2v) is 8.81. The van der Waals surface area contributed by atoms with Crippen LogP contribution in [0, 0.1) is 0 Å². The summed E-state index contributed by atoms with van der Waals surface area (Å²) in [5.74, 6) is -0.695. The number of anilines is 1. The van der Waals surface area contributed by atoms with Crippen molar-refractivity contribution in [2.24, 2.45) is 0 Å². The second kappa shape index (κ2) is 7.36. The SMILES string of the molecule is CS(=O)(=O)Nc1ccccc1C(=O)OCc1cc(=O)oc2cc3c(cc12)CCC3. The number of ether oxygens (including phenoxy) is 1. The van der Waals surface area contributed by atoms with Crippen LogP contribution in [0.5, 0.6) is 0 Å². The van der Waals surface area contributed by atoms with Gasteiger partial charge in [-0.3, -0.25) is 4.72 Å². The van der Waals surface area contributed by atoms with Gasteiger partial charge in [0, 0.05) is 17.0 Å². The van der Waals surface area contributed by atoms with Crippen molar-refractivity contribution in [3.05, 3.63) is 75.1 Å². The summed E-state index contributed by atoms with van der Waals surface area (Å²) in [6.07, 6.45) is 3.99. The first-order valence-electron chi connectivity index (χ1n) is 9.13. The third-order valence-electron chi connectivity index (χ3n) is 4.84. The van der Waals surface area contributed by atoms with Crippen LogP contribution < -0.4 is 10.3 Å². The topological polar surface area (TPSA) is 103 Å². The van der Waals surface area contributed by atoms with E-state index >= 15 is 0 Å². The second-order valence-electron chi connectivity index (χ2n) is 7.06. The van der Waals surface area contributed by atoms with Crippen LogP contribution in [-0.2, 0) is 34.2 Å². The molecule has 0 saturated carbocycles. The summed E-state index contributed by atoms with van der Waals surface area (Å²) in [5, 5.41) is 0.737. The molecule has 1 N–H and O–H groups in total. The molecule has 29 heavy (non-hydrogen) atoms. The molecular formula is C21H19NO6S. The molecule has 0 fully saturated rings. The minimum absolute atomic E-state index is 0.0890. The number of hydrogen-bond donors (Lipinski definition) is 1. The van der Waals surface area contributed by atoms with Gasteiger partial charge in [0.15, 0.2) is 0 Å². The number of hydrogen-bond acceptors (Lipinski definition) is 6. The molecule has 1 aromatic heterocycles. The Morgan fingerprint density at radius 2 is 1.86 bits per heavy atom. The van der Waals surface area contributed by atoms with Crippen molar-refractivity contribution in [1.29, 1.82) is 0 Å². The molecule has 150 valence electrons. The number of esters is 1. The average molecular weight is 413 g/mol. The van der Waals surface area contributed by atoms with Crippen molar-refractivity contribution >= 4 is 32.6 Å². The molecule has 8 heteroatoms. The van der Waals surface area contributed by atoms with Crippen LogP contribution in [-0.4, -0.2) is 20.6 Å². The Hall–Kier alpha value is -3.13. The quantitative estimate of drug-likeness (QED) is 0.510. The summed E-state index contributed by atoms with van der Waals surface area (Å²) >= 11 is 0. The Morgan fingerprint density at radius 3 is 2.62 bits per heavy atom. The molecule has 0 bridgehead atoms. The summed E-state index contributed by atoms with van der Waals surface area (Å²) in [6.45, 7) is -0.132. The Labute approximate surface area is 167 Å². The van der Waals surface area contributed by atoms with Crippen LogP contribution in [0.2, 0.25) is 0 Å². The molecule has 0 aliphatic heterocycles.